The van der Waals surface area contributed by atoms with E-state index in [2.05, 4.69) is 5.32 Å². The Morgan fingerprint density at radius 1 is 1.10 bits per heavy atom. The Balaban J connectivity index is 1.85. The van der Waals surface area contributed by atoms with E-state index < -0.39 is 5.63 Å². The molecule has 30 heavy (non-hydrogen) atoms. The van der Waals surface area contributed by atoms with Crippen LogP contribution in [0.4, 0.5) is 11.4 Å². The van der Waals surface area contributed by atoms with E-state index in [0.29, 0.717) is 35.1 Å². The third-order valence-electron chi connectivity index (χ3n) is 5.04. The van der Waals surface area contributed by atoms with Crippen LogP contribution in [-0.4, -0.2) is 25.0 Å². The van der Waals surface area contributed by atoms with E-state index in [9.17, 15) is 9.90 Å². The molecule has 3 aromatic rings. The van der Waals surface area contributed by atoms with Crippen molar-refractivity contribution in [2.75, 3.05) is 19.5 Å². The number of methoxy groups -OCH3 is 2. The minimum atomic E-state index is -0.614. The zero-order valence-corrected chi connectivity index (χ0v) is 16.9. The van der Waals surface area contributed by atoms with Gasteiger partial charge >= 0.3 is 5.63 Å². The topological polar surface area (TPSA) is 93.3 Å². The number of aryl methyl sites for hydroxylation is 1. The first-order valence-electron chi connectivity index (χ1n) is 9.49. The van der Waals surface area contributed by atoms with Crippen molar-refractivity contribution in [1.29, 1.82) is 0 Å². The molecule has 7 nitrogen and oxygen atoms in total. The second kappa shape index (κ2) is 7.94. The number of ether oxygens (including phenoxy) is 2. The number of para-hydroxylation sites is 2. The number of aliphatic imine (C=N–C) groups is 1. The second-order valence-electron chi connectivity index (χ2n) is 7.00. The highest BCUT2D eigenvalue weighted by atomic mass is 16.5. The second-order valence-corrected chi connectivity index (χ2v) is 7.00. The van der Waals surface area contributed by atoms with Crippen molar-refractivity contribution < 1.29 is 19.0 Å². The third kappa shape index (κ3) is 3.61. The highest BCUT2D eigenvalue weighted by Gasteiger charge is 2.26. The Kier molecular flexibility index (Phi) is 5.18. The molecule has 2 N–H and O–H groups in total. The van der Waals surface area contributed by atoms with Crippen molar-refractivity contribution in [3.63, 3.8) is 0 Å². The van der Waals surface area contributed by atoms with Crippen LogP contribution in [0.2, 0.25) is 0 Å². The Bertz CT molecular complexity index is 1180. The number of nitrogens with zero attached hydrogens (tertiary/aromatic N) is 1. The fourth-order valence-corrected chi connectivity index (χ4v) is 3.61. The summed E-state index contributed by atoms with van der Waals surface area (Å²) in [5, 5.41) is 14.0. The van der Waals surface area contributed by atoms with Crippen LogP contribution in [-0.2, 0) is 0 Å². The Hall–Kier alpha value is -3.74. The van der Waals surface area contributed by atoms with Crippen molar-refractivity contribution in [3.8, 4) is 17.2 Å². The maximum absolute atomic E-state index is 12.5. The van der Waals surface area contributed by atoms with Gasteiger partial charge in [-0.05, 0) is 36.8 Å². The van der Waals surface area contributed by atoms with E-state index in [4.69, 9.17) is 18.9 Å². The Labute approximate surface area is 173 Å². The number of aromatic hydroxyl groups is 1. The minimum Gasteiger partial charge on any atom is -0.507 e. The van der Waals surface area contributed by atoms with Gasteiger partial charge in [0.15, 0.2) is 11.5 Å². The van der Waals surface area contributed by atoms with Crippen LogP contribution in [0.5, 0.6) is 17.2 Å². The molecule has 1 aliphatic heterocycles. The molecule has 0 fully saturated rings. The summed E-state index contributed by atoms with van der Waals surface area (Å²) in [6.45, 7) is 1.61. The molecule has 0 amide bonds. The number of benzene rings is 2. The average molecular weight is 406 g/mol. The van der Waals surface area contributed by atoms with Gasteiger partial charge in [-0.25, -0.2) is 4.79 Å². The summed E-state index contributed by atoms with van der Waals surface area (Å²) >= 11 is 0. The normalized spacial score (nSPS) is 15.4. The summed E-state index contributed by atoms with van der Waals surface area (Å²) in [6.07, 6.45) is 0.353. The first-order valence-corrected chi connectivity index (χ1v) is 9.49. The third-order valence-corrected chi connectivity index (χ3v) is 5.04. The van der Waals surface area contributed by atoms with Crippen molar-refractivity contribution in [2.45, 2.75) is 19.4 Å². The quantitative estimate of drug-likeness (QED) is 0.669. The van der Waals surface area contributed by atoms with Crippen molar-refractivity contribution in [1.82, 2.24) is 0 Å². The summed E-state index contributed by atoms with van der Waals surface area (Å²) < 4.78 is 16.0. The van der Waals surface area contributed by atoms with Gasteiger partial charge in [0.05, 0.1) is 37.3 Å². The molecule has 4 rings (SSSR count). The monoisotopic (exact) mass is 406 g/mol. The number of rotatable bonds is 4. The fraction of sp³-hybridized carbons (Fsp3) is 0.217. The molecule has 0 spiro atoms. The standard InChI is InChI=1S/C23H22N2O5/c1-13-10-19(26)22(23(27)30-13)18-12-17(24-15-6-4-5-7-16(15)25-18)14-8-9-20(28-2)21(11-14)29-3/h4-11,17,24,26H,12H2,1-3H3. The van der Waals surface area contributed by atoms with Crippen LogP contribution >= 0.6 is 0 Å². The van der Waals surface area contributed by atoms with Gasteiger partial charge in [-0.3, -0.25) is 4.99 Å². The van der Waals surface area contributed by atoms with E-state index >= 15 is 0 Å². The number of fused-ring (bicyclic) bond motifs is 1. The first kappa shape index (κ1) is 19.6. The smallest absolute Gasteiger partial charge is 0.348 e. The zero-order valence-electron chi connectivity index (χ0n) is 16.9. The van der Waals surface area contributed by atoms with Crippen LogP contribution in [0.1, 0.15) is 29.3 Å². The molecule has 2 aromatic carbocycles. The molecule has 1 aliphatic rings. The van der Waals surface area contributed by atoms with Gasteiger partial charge < -0.3 is 24.3 Å². The van der Waals surface area contributed by atoms with Crippen molar-refractivity contribution in [3.05, 3.63) is 75.8 Å². The van der Waals surface area contributed by atoms with Crippen LogP contribution in [0.15, 0.2) is 62.7 Å². The Morgan fingerprint density at radius 3 is 2.60 bits per heavy atom. The van der Waals surface area contributed by atoms with Gasteiger partial charge in [-0.15, -0.1) is 0 Å². The van der Waals surface area contributed by atoms with Gasteiger partial charge in [0.2, 0.25) is 0 Å². The summed E-state index contributed by atoms with van der Waals surface area (Å²) in [4.78, 5) is 17.2. The Morgan fingerprint density at radius 2 is 1.87 bits per heavy atom. The summed E-state index contributed by atoms with van der Waals surface area (Å²) in [7, 11) is 3.17. The molecule has 0 bridgehead atoms. The van der Waals surface area contributed by atoms with Crippen molar-refractivity contribution >= 4 is 17.1 Å². The SMILES string of the molecule is COc1ccc(C2CC(c3c(O)cc(C)oc3=O)=Nc3ccccc3N2)cc1OC. The maximum atomic E-state index is 12.5. The summed E-state index contributed by atoms with van der Waals surface area (Å²) in [6, 6.07) is 14.4. The van der Waals surface area contributed by atoms with Crippen LogP contribution in [0, 0.1) is 6.92 Å². The molecule has 0 aliphatic carbocycles. The molecule has 154 valence electrons. The molecule has 1 unspecified atom stereocenters. The van der Waals surface area contributed by atoms with Crippen LogP contribution < -0.4 is 20.4 Å². The number of hydrogen-bond acceptors (Lipinski definition) is 7. The molecule has 1 aromatic heterocycles. The zero-order chi connectivity index (χ0) is 21.3. The molecule has 7 heteroatoms. The molecule has 2 heterocycles. The van der Waals surface area contributed by atoms with E-state index in [1.807, 2.05) is 42.5 Å². The molecule has 0 radical (unpaired) electrons. The largest absolute Gasteiger partial charge is 0.507 e. The first-order chi connectivity index (χ1) is 14.5. The fourth-order valence-electron chi connectivity index (χ4n) is 3.61. The van der Waals surface area contributed by atoms with Gasteiger partial charge in [0, 0.05) is 12.5 Å². The van der Waals surface area contributed by atoms with Gasteiger partial charge in [-0.2, -0.15) is 0 Å². The number of nitrogens with one attached hydrogen (secondary N) is 1. The highest BCUT2D eigenvalue weighted by molar-refractivity contribution is 6.05. The van der Waals surface area contributed by atoms with Gasteiger partial charge in [-0.1, -0.05) is 18.2 Å². The summed E-state index contributed by atoms with van der Waals surface area (Å²) in [5.74, 6) is 1.42. The molecule has 0 saturated heterocycles. The van der Waals surface area contributed by atoms with E-state index in [1.54, 1.807) is 21.1 Å². The lowest BCUT2D eigenvalue weighted by atomic mass is 9.97. The lowest BCUT2D eigenvalue weighted by molar-refractivity contribution is 0.354. The van der Waals surface area contributed by atoms with Gasteiger partial charge in [0.25, 0.3) is 0 Å². The highest BCUT2D eigenvalue weighted by Crippen LogP contribution is 2.38. The maximum Gasteiger partial charge on any atom is 0.348 e. The molecular formula is C23H22N2O5. The van der Waals surface area contributed by atoms with Crippen molar-refractivity contribution in [2.24, 2.45) is 4.99 Å². The number of anilines is 1. The minimum absolute atomic E-state index is 0.0737. The predicted octanol–water partition coefficient (Wildman–Crippen LogP) is 4.35. The van der Waals surface area contributed by atoms with Crippen LogP contribution in [0.3, 0.4) is 0 Å². The lowest BCUT2D eigenvalue weighted by Gasteiger charge is -2.20. The van der Waals surface area contributed by atoms with E-state index in [1.165, 1.54) is 6.07 Å². The molecule has 1 atom stereocenters. The lowest BCUT2D eigenvalue weighted by Crippen LogP contribution is -2.20. The predicted molar refractivity (Wildman–Crippen MR) is 115 cm³/mol. The number of hydrogen-bond donors (Lipinski definition) is 2. The average Bonchev–Trinajstić information content (AvgIpc) is 2.92. The molecule has 0 saturated carbocycles. The van der Waals surface area contributed by atoms with E-state index in [0.717, 1.165) is 11.3 Å². The van der Waals surface area contributed by atoms with E-state index in [-0.39, 0.29) is 17.4 Å². The summed E-state index contributed by atoms with van der Waals surface area (Å²) in [5.41, 5.74) is 2.32. The van der Waals surface area contributed by atoms with Gasteiger partial charge in [0.1, 0.15) is 17.1 Å². The van der Waals surface area contributed by atoms with Crippen LogP contribution in [0.25, 0.3) is 0 Å². The molecular weight excluding hydrogens is 384 g/mol.